The van der Waals surface area contributed by atoms with E-state index in [4.69, 9.17) is 17.3 Å². The lowest BCUT2D eigenvalue weighted by molar-refractivity contribution is 1.52. The lowest BCUT2D eigenvalue weighted by Crippen LogP contribution is -1.73. The molecule has 1 nitrogen and oxygen atoms in total. The Bertz CT molecular complexity index is 433. The van der Waals surface area contributed by atoms with Crippen LogP contribution in [0.25, 0.3) is 10.1 Å². The largest absolute Gasteiger partial charge is 0.391 e. The van der Waals surface area contributed by atoms with Crippen LogP contribution in [0.3, 0.4) is 0 Å². The summed E-state index contributed by atoms with van der Waals surface area (Å²) in [6.07, 6.45) is 0. The third kappa shape index (κ3) is 1.08. The summed E-state index contributed by atoms with van der Waals surface area (Å²) in [4.78, 5) is 0. The Labute approximate surface area is 79.8 Å². The summed E-state index contributed by atoms with van der Waals surface area (Å²) in [6.45, 7) is 2.00. The van der Waals surface area contributed by atoms with E-state index in [1.807, 2.05) is 25.1 Å². The van der Waals surface area contributed by atoms with Crippen LogP contribution in [0, 0.1) is 6.92 Å². The molecule has 0 aliphatic carbocycles. The number of rotatable bonds is 0. The van der Waals surface area contributed by atoms with Crippen LogP contribution in [0.15, 0.2) is 18.2 Å². The third-order valence-electron chi connectivity index (χ3n) is 1.84. The number of nitrogen functional groups attached to an aromatic ring is 1. The summed E-state index contributed by atoms with van der Waals surface area (Å²) < 4.78 is 1.09. The molecule has 2 N–H and O–H groups in total. The van der Waals surface area contributed by atoms with Gasteiger partial charge in [0.1, 0.15) is 0 Å². The van der Waals surface area contributed by atoms with Crippen molar-refractivity contribution in [1.29, 1.82) is 0 Å². The van der Waals surface area contributed by atoms with E-state index in [9.17, 15) is 0 Å². The average molecular weight is 198 g/mol. The van der Waals surface area contributed by atoms with Gasteiger partial charge in [0, 0.05) is 0 Å². The van der Waals surface area contributed by atoms with Gasteiger partial charge in [-0.2, -0.15) is 0 Å². The number of thiophene rings is 1. The van der Waals surface area contributed by atoms with Crippen molar-refractivity contribution in [2.75, 3.05) is 5.73 Å². The molecule has 2 rings (SSSR count). The minimum absolute atomic E-state index is 0.817. The molecular weight excluding hydrogens is 190 g/mol. The summed E-state index contributed by atoms with van der Waals surface area (Å²) in [5.74, 6) is 0. The molecule has 0 amide bonds. The lowest BCUT2D eigenvalue weighted by Gasteiger charge is -1.96. The summed E-state index contributed by atoms with van der Waals surface area (Å²) >= 11 is 7.63. The minimum Gasteiger partial charge on any atom is -0.391 e. The Morgan fingerprint density at radius 2 is 2.17 bits per heavy atom. The van der Waals surface area contributed by atoms with Crippen molar-refractivity contribution in [3.8, 4) is 0 Å². The van der Waals surface area contributed by atoms with E-state index >= 15 is 0 Å². The number of fused-ring (bicyclic) bond motifs is 1. The highest BCUT2D eigenvalue weighted by Crippen LogP contribution is 2.34. The van der Waals surface area contributed by atoms with Gasteiger partial charge in [0.05, 0.1) is 14.7 Å². The first-order chi connectivity index (χ1) is 5.68. The molecule has 0 saturated heterocycles. The minimum atomic E-state index is 0.817. The quantitative estimate of drug-likeness (QED) is 0.688. The SMILES string of the molecule is Cc1ccc2cc(N)sc2c1Cl. The van der Waals surface area contributed by atoms with Crippen molar-refractivity contribution in [2.45, 2.75) is 6.92 Å². The molecule has 1 aromatic carbocycles. The zero-order chi connectivity index (χ0) is 8.72. The maximum Gasteiger partial charge on any atom is 0.0869 e. The fourth-order valence-electron chi connectivity index (χ4n) is 1.19. The monoisotopic (exact) mass is 197 g/mol. The normalized spacial score (nSPS) is 10.8. The molecule has 0 aliphatic heterocycles. The second-order valence-corrected chi connectivity index (χ2v) is 4.23. The van der Waals surface area contributed by atoms with Crippen LogP contribution in [0.1, 0.15) is 5.56 Å². The van der Waals surface area contributed by atoms with Crippen molar-refractivity contribution in [3.05, 3.63) is 28.8 Å². The molecule has 2 aromatic rings. The smallest absolute Gasteiger partial charge is 0.0869 e. The van der Waals surface area contributed by atoms with Gasteiger partial charge in [-0.1, -0.05) is 23.7 Å². The van der Waals surface area contributed by atoms with Gasteiger partial charge in [0.15, 0.2) is 0 Å². The Balaban J connectivity index is 2.89. The maximum atomic E-state index is 6.09. The van der Waals surface area contributed by atoms with Gasteiger partial charge in [-0.05, 0) is 23.9 Å². The van der Waals surface area contributed by atoms with E-state index in [0.717, 1.165) is 25.7 Å². The van der Waals surface area contributed by atoms with Gasteiger partial charge in [-0.3, -0.25) is 0 Å². The third-order valence-corrected chi connectivity index (χ3v) is 3.43. The molecule has 0 radical (unpaired) electrons. The summed E-state index contributed by atoms with van der Waals surface area (Å²) in [7, 11) is 0. The predicted octanol–water partition coefficient (Wildman–Crippen LogP) is 3.45. The molecule has 0 unspecified atom stereocenters. The van der Waals surface area contributed by atoms with Crippen molar-refractivity contribution in [3.63, 3.8) is 0 Å². The second kappa shape index (κ2) is 2.64. The van der Waals surface area contributed by atoms with Crippen molar-refractivity contribution >= 4 is 38.0 Å². The van der Waals surface area contributed by atoms with Crippen LogP contribution in [0.4, 0.5) is 5.00 Å². The fraction of sp³-hybridized carbons (Fsp3) is 0.111. The molecule has 12 heavy (non-hydrogen) atoms. The Morgan fingerprint density at radius 1 is 1.42 bits per heavy atom. The first-order valence-electron chi connectivity index (χ1n) is 3.62. The van der Waals surface area contributed by atoms with Crippen LogP contribution in [-0.4, -0.2) is 0 Å². The molecule has 3 heteroatoms. The lowest BCUT2D eigenvalue weighted by atomic mass is 10.2. The van der Waals surface area contributed by atoms with Gasteiger partial charge in [-0.15, -0.1) is 11.3 Å². The zero-order valence-corrected chi connectivity index (χ0v) is 8.17. The van der Waals surface area contributed by atoms with E-state index in [1.54, 1.807) is 0 Å². The average Bonchev–Trinajstić information content (AvgIpc) is 2.39. The van der Waals surface area contributed by atoms with Gasteiger partial charge < -0.3 is 5.73 Å². The molecule has 0 fully saturated rings. The fourth-order valence-corrected chi connectivity index (χ4v) is 2.39. The van der Waals surface area contributed by atoms with Gasteiger partial charge in [0.2, 0.25) is 0 Å². The highest BCUT2D eigenvalue weighted by Gasteiger charge is 2.04. The first kappa shape index (κ1) is 7.90. The second-order valence-electron chi connectivity index (χ2n) is 2.76. The number of nitrogens with two attached hydrogens (primary N) is 1. The number of benzene rings is 1. The van der Waals surface area contributed by atoms with Gasteiger partial charge in [-0.25, -0.2) is 0 Å². The maximum absolute atomic E-state index is 6.09. The van der Waals surface area contributed by atoms with Gasteiger partial charge >= 0.3 is 0 Å². The Morgan fingerprint density at radius 3 is 2.92 bits per heavy atom. The number of halogens is 1. The van der Waals surface area contributed by atoms with Crippen LogP contribution in [0.2, 0.25) is 5.02 Å². The number of aryl methyl sites for hydroxylation is 1. The van der Waals surface area contributed by atoms with Crippen molar-refractivity contribution < 1.29 is 0 Å². The summed E-state index contributed by atoms with van der Waals surface area (Å²) in [6, 6.07) is 6.01. The molecule has 1 heterocycles. The first-order valence-corrected chi connectivity index (χ1v) is 4.82. The topological polar surface area (TPSA) is 26.0 Å². The summed E-state index contributed by atoms with van der Waals surface area (Å²) in [5, 5.41) is 2.78. The van der Waals surface area contributed by atoms with Gasteiger partial charge in [0.25, 0.3) is 0 Å². The molecule has 0 spiro atoms. The number of hydrogen-bond acceptors (Lipinski definition) is 2. The molecule has 1 aromatic heterocycles. The highest BCUT2D eigenvalue weighted by atomic mass is 35.5. The zero-order valence-electron chi connectivity index (χ0n) is 6.60. The van der Waals surface area contributed by atoms with E-state index in [2.05, 4.69) is 0 Å². The molecule has 62 valence electrons. The Hall–Kier alpha value is -0.730. The predicted molar refractivity (Wildman–Crippen MR) is 56.0 cm³/mol. The standard InChI is InChI=1S/C9H8ClNS/c1-5-2-3-6-4-7(11)12-9(6)8(5)10/h2-4H,11H2,1H3. The van der Waals surface area contributed by atoms with Crippen LogP contribution in [0.5, 0.6) is 0 Å². The van der Waals surface area contributed by atoms with Crippen molar-refractivity contribution in [1.82, 2.24) is 0 Å². The highest BCUT2D eigenvalue weighted by molar-refractivity contribution is 7.23. The number of hydrogen-bond donors (Lipinski definition) is 1. The van der Waals surface area contributed by atoms with Crippen molar-refractivity contribution in [2.24, 2.45) is 0 Å². The molecule has 0 bridgehead atoms. The Kier molecular flexibility index (Phi) is 1.74. The van der Waals surface area contributed by atoms with E-state index in [-0.39, 0.29) is 0 Å². The molecular formula is C9H8ClNS. The van der Waals surface area contributed by atoms with Crippen LogP contribution in [-0.2, 0) is 0 Å². The molecule has 0 aliphatic rings. The van der Waals surface area contributed by atoms with E-state index in [1.165, 1.54) is 11.3 Å². The number of anilines is 1. The summed E-state index contributed by atoms with van der Waals surface area (Å²) in [5.41, 5.74) is 6.77. The van der Waals surface area contributed by atoms with E-state index < -0.39 is 0 Å². The van der Waals surface area contributed by atoms with Crippen LogP contribution >= 0.6 is 22.9 Å². The molecule has 0 atom stereocenters. The molecule has 0 saturated carbocycles. The van der Waals surface area contributed by atoms with Crippen LogP contribution < -0.4 is 5.73 Å². The van der Waals surface area contributed by atoms with E-state index in [0.29, 0.717) is 0 Å².